The lowest BCUT2D eigenvalue weighted by molar-refractivity contribution is -0.133. The molecule has 2 heterocycles. The molecule has 0 bridgehead atoms. The molecular formula is C11H18N6O2. The molecule has 8 nitrogen and oxygen atoms in total. The molecular weight excluding hydrogens is 248 g/mol. The van der Waals surface area contributed by atoms with E-state index in [-0.39, 0.29) is 17.6 Å². The summed E-state index contributed by atoms with van der Waals surface area (Å²) in [7, 11) is 3.73. The Bertz CT molecular complexity index is 436. The normalized spacial score (nSPS) is 15.9. The monoisotopic (exact) mass is 266 g/mol. The van der Waals surface area contributed by atoms with Gasteiger partial charge in [-0.2, -0.15) is 5.10 Å². The minimum Gasteiger partial charge on any atom is -0.338 e. The molecule has 1 N–H and O–H groups in total. The quantitative estimate of drug-likeness (QED) is 0.731. The Morgan fingerprint density at radius 3 is 2.42 bits per heavy atom. The average molecular weight is 266 g/mol. The first kappa shape index (κ1) is 13.5. The molecule has 1 aliphatic rings. The number of carbonyl (C=O) groups is 2. The van der Waals surface area contributed by atoms with E-state index >= 15 is 0 Å². The number of aromatic nitrogens is 3. The Labute approximate surface area is 111 Å². The van der Waals surface area contributed by atoms with Crippen molar-refractivity contribution >= 4 is 11.8 Å². The van der Waals surface area contributed by atoms with Crippen molar-refractivity contribution in [2.45, 2.75) is 0 Å². The van der Waals surface area contributed by atoms with Gasteiger partial charge in [0.2, 0.25) is 11.7 Å². The van der Waals surface area contributed by atoms with Crippen molar-refractivity contribution in [1.29, 1.82) is 0 Å². The lowest BCUT2D eigenvalue weighted by Crippen LogP contribution is -2.52. The number of aromatic amines is 1. The van der Waals surface area contributed by atoms with Crippen LogP contribution < -0.4 is 0 Å². The van der Waals surface area contributed by atoms with Gasteiger partial charge in [-0.05, 0) is 14.1 Å². The highest BCUT2D eigenvalue weighted by molar-refractivity contribution is 5.90. The maximum absolute atomic E-state index is 12.0. The summed E-state index contributed by atoms with van der Waals surface area (Å²) in [5, 5.41) is 6.22. The Hall–Kier alpha value is -1.96. The van der Waals surface area contributed by atoms with Crippen LogP contribution in [0.4, 0.5) is 0 Å². The number of carbonyl (C=O) groups excluding carboxylic acids is 2. The highest BCUT2D eigenvalue weighted by Gasteiger charge is 2.25. The Kier molecular flexibility index (Phi) is 4.10. The van der Waals surface area contributed by atoms with Crippen LogP contribution in [0.3, 0.4) is 0 Å². The summed E-state index contributed by atoms with van der Waals surface area (Å²) >= 11 is 0. The van der Waals surface area contributed by atoms with Crippen molar-refractivity contribution in [1.82, 2.24) is 29.9 Å². The van der Waals surface area contributed by atoms with Gasteiger partial charge in [0.15, 0.2) is 0 Å². The van der Waals surface area contributed by atoms with Crippen LogP contribution in [-0.4, -0.2) is 88.5 Å². The van der Waals surface area contributed by atoms with Crippen LogP contribution in [0.1, 0.15) is 10.6 Å². The van der Waals surface area contributed by atoms with E-state index in [9.17, 15) is 9.59 Å². The third-order valence-corrected chi connectivity index (χ3v) is 2.99. The highest BCUT2D eigenvalue weighted by atomic mass is 16.2. The zero-order chi connectivity index (χ0) is 13.8. The molecule has 0 aromatic carbocycles. The summed E-state index contributed by atoms with van der Waals surface area (Å²) in [6, 6.07) is 0. The molecule has 0 aliphatic carbocycles. The van der Waals surface area contributed by atoms with E-state index in [1.54, 1.807) is 9.80 Å². The van der Waals surface area contributed by atoms with Crippen molar-refractivity contribution in [3.8, 4) is 0 Å². The van der Waals surface area contributed by atoms with Gasteiger partial charge in [0.1, 0.15) is 6.33 Å². The van der Waals surface area contributed by atoms with Gasteiger partial charge < -0.3 is 14.7 Å². The largest absolute Gasteiger partial charge is 0.338 e. The number of rotatable bonds is 3. The number of amides is 2. The van der Waals surface area contributed by atoms with Crippen LogP contribution in [0.15, 0.2) is 6.33 Å². The van der Waals surface area contributed by atoms with Crippen molar-refractivity contribution in [2.24, 2.45) is 0 Å². The molecule has 1 aromatic rings. The van der Waals surface area contributed by atoms with Crippen LogP contribution >= 0.6 is 0 Å². The molecule has 0 saturated carbocycles. The molecule has 0 atom stereocenters. The van der Waals surface area contributed by atoms with E-state index < -0.39 is 0 Å². The molecule has 104 valence electrons. The molecule has 0 unspecified atom stereocenters. The molecule has 0 radical (unpaired) electrons. The maximum atomic E-state index is 12.0. The van der Waals surface area contributed by atoms with Crippen molar-refractivity contribution in [3.63, 3.8) is 0 Å². The zero-order valence-electron chi connectivity index (χ0n) is 11.2. The van der Waals surface area contributed by atoms with Crippen LogP contribution in [0.2, 0.25) is 0 Å². The second kappa shape index (κ2) is 5.79. The molecule has 1 aromatic heterocycles. The topological polar surface area (TPSA) is 85.4 Å². The third-order valence-electron chi connectivity index (χ3n) is 2.99. The van der Waals surface area contributed by atoms with E-state index in [4.69, 9.17) is 0 Å². The zero-order valence-corrected chi connectivity index (χ0v) is 11.2. The molecule has 2 rings (SSSR count). The summed E-state index contributed by atoms with van der Waals surface area (Å²) in [5.41, 5.74) is 0. The Balaban J connectivity index is 1.86. The fourth-order valence-electron chi connectivity index (χ4n) is 1.99. The lowest BCUT2D eigenvalue weighted by Gasteiger charge is -2.34. The Morgan fingerprint density at radius 1 is 1.26 bits per heavy atom. The first-order chi connectivity index (χ1) is 9.08. The molecule has 1 fully saturated rings. The minimum absolute atomic E-state index is 0.0942. The van der Waals surface area contributed by atoms with Gasteiger partial charge in [-0.3, -0.25) is 14.7 Å². The SMILES string of the molecule is CN(C)CC(=O)N1CCN(C(=O)c2ncn[nH]2)CC1. The van der Waals surface area contributed by atoms with Crippen molar-refractivity contribution < 1.29 is 9.59 Å². The average Bonchev–Trinajstić information content (AvgIpc) is 2.91. The maximum Gasteiger partial charge on any atom is 0.291 e. The molecule has 0 spiro atoms. The molecule has 8 heteroatoms. The van der Waals surface area contributed by atoms with Gasteiger partial charge in [-0.1, -0.05) is 0 Å². The van der Waals surface area contributed by atoms with E-state index in [0.29, 0.717) is 32.7 Å². The fraction of sp³-hybridized carbons (Fsp3) is 0.636. The van der Waals surface area contributed by atoms with Crippen LogP contribution in [-0.2, 0) is 4.79 Å². The van der Waals surface area contributed by atoms with Gasteiger partial charge in [-0.15, -0.1) is 0 Å². The van der Waals surface area contributed by atoms with E-state index in [0.717, 1.165) is 0 Å². The number of nitrogens with one attached hydrogen (secondary N) is 1. The first-order valence-electron chi connectivity index (χ1n) is 6.15. The highest BCUT2D eigenvalue weighted by Crippen LogP contribution is 2.05. The van der Waals surface area contributed by atoms with Crippen LogP contribution in [0.5, 0.6) is 0 Å². The van der Waals surface area contributed by atoms with Gasteiger partial charge in [0.05, 0.1) is 6.54 Å². The first-order valence-corrected chi connectivity index (χ1v) is 6.15. The summed E-state index contributed by atoms with van der Waals surface area (Å²) in [6.07, 6.45) is 1.31. The molecule has 19 heavy (non-hydrogen) atoms. The van der Waals surface area contributed by atoms with Gasteiger partial charge in [0, 0.05) is 26.2 Å². The van der Waals surface area contributed by atoms with Gasteiger partial charge >= 0.3 is 0 Å². The number of H-pyrrole nitrogens is 1. The second-order valence-corrected chi connectivity index (χ2v) is 4.74. The smallest absolute Gasteiger partial charge is 0.291 e. The van der Waals surface area contributed by atoms with Crippen LogP contribution in [0.25, 0.3) is 0 Å². The van der Waals surface area contributed by atoms with Crippen molar-refractivity contribution in [2.75, 3.05) is 46.8 Å². The lowest BCUT2D eigenvalue weighted by atomic mass is 10.3. The standard InChI is InChI=1S/C11H18N6O2/c1-15(2)7-9(18)16-3-5-17(6-4-16)11(19)10-12-8-13-14-10/h8H,3-7H2,1-2H3,(H,12,13,14). The number of nitrogens with zero attached hydrogens (tertiary/aromatic N) is 5. The number of piperazine rings is 1. The Morgan fingerprint density at radius 2 is 1.89 bits per heavy atom. The summed E-state index contributed by atoms with van der Waals surface area (Å²) in [6.45, 7) is 2.58. The number of likely N-dealkylation sites (N-methyl/N-ethyl adjacent to an activating group) is 1. The predicted molar refractivity (Wildman–Crippen MR) is 67.4 cm³/mol. The fourth-order valence-corrected chi connectivity index (χ4v) is 1.99. The van der Waals surface area contributed by atoms with Crippen LogP contribution in [0, 0.1) is 0 Å². The number of hydrogen-bond donors (Lipinski definition) is 1. The van der Waals surface area contributed by atoms with E-state index in [1.807, 2.05) is 19.0 Å². The van der Waals surface area contributed by atoms with Gasteiger partial charge in [0.25, 0.3) is 5.91 Å². The second-order valence-electron chi connectivity index (χ2n) is 4.74. The third kappa shape index (κ3) is 3.28. The predicted octanol–water partition coefficient (Wildman–Crippen LogP) is -1.35. The molecule has 2 amide bonds. The van der Waals surface area contributed by atoms with E-state index in [1.165, 1.54) is 6.33 Å². The minimum atomic E-state index is -0.169. The molecule has 1 saturated heterocycles. The summed E-state index contributed by atoms with van der Waals surface area (Å²) < 4.78 is 0. The number of hydrogen-bond acceptors (Lipinski definition) is 5. The summed E-state index contributed by atoms with van der Waals surface area (Å²) in [4.78, 5) is 33.0. The van der Waals surface area contributed by atoms with Gasteiger partial charge in [-0.25, -0.2) is 4.98 Å². The molecule has 1 aliphatic heterocycles. The van der Waals surface area contributed by atoms with Crippen molar-refractivity contribution in [3.05, 3.63) is 12.2 Å². The van der Waals surface area contributed by atoms with E-state index in [2.05, 4.69) is 15.2 Å². The summed E-state index contributed by atoms with van der Waals surface area (Å²) in [5.74, 6) is 0.169.